The van der Waals surface area contributed by atoms with Gasteiger partial charge in [-0.05, 0) is 36.9 Å². The van der Waals surface area contributed by atoms with Gasteiger partial charge < -0.3 is 4.42 Å². The first kappa shape index (κ1) is 18.8. The second kappa shape index (κ2) is 6.98. The monoisotopic (exact) mass is 411 g/mol. The Balaban J connectivity index is 2.27. The van der Waals surface area contributed by atoms with Crippen LogP contribution >= 0.6 is 11.3 Å². The average molecular weight is 412 g/mol. The Morgan fingerprint density at radius 1 is 1.08 bits per heavy atom. The molecule has 0 amide bonds. The molecule has 2 aromatic heterocycles. The number of aromatic nitrogens is 1. The van der Waals surface area contributed by atoms with E-state index in [4.69, 9.17) is 4.42 Å². The van der Waals surface area contributed by atoms with E-state index in [1.807, 2.05) is 0 Å². The molecule has 1 aromatic carbocycles. The van der Waals surface area contributed by atoms with Crippen molar-refractivity contribution in [1.82, 2.24) is 4.98 Å². The molecule has 3 aromatic rings. The van der Waals surface area contributed by atoms with Gasteiger partial charge in [0.15, 0.2) is 0 Å². The van der Waals surface area contributed by atoms with E-state index in [0.717, 1.165) is 0 Å². The lowest BCUT2D eigenvalue weighted by Gasteiger charge is -2.09. The number of hydrogen-bond donors (Lipinski definition) is 0. The number of thiophene rings is 1. The third-order valence-corrected chi connectivity index (χ3v) is 8.82. The van der Waals surface area contributed by atoms with Crippen molar-refractivity contribution in [2.24, 2.45) is 0 Å². The largest absolute Gasteiger partial charge is 0.422 e. The molecule has 0 radical (unpaired) electrons. The van der Waals surface area contributed by atoms with Crippen LogP contribution in [0.2, 0.25) is 0 Å². The van der Waals surface area contributed by atoms with Crippen LogP contribution in [-0.2, 0) is 19.7 Å². The van der Waals surface area contributed by atoms with Crippen molar-refractivity contribution in [2.45, 2.75) is 40.5 Å². The topological polar surface area (TPSA) is 94.3 Å². The highest BCUT2D eigenvalue weighted by atomic mass is 32.2. The molecule has 1 unspecified atom stereocenters. The molecule has 26 heavy (non-hydrogen) atoms. The van der Waals surface area contributed by atoms with E-state index in [-0.39, 0.29) is 10.8 Å². The molecule has 3 rings (SSSR count). The van der Waals surface area contributed by atoms with Gasteiger partial charge in [0.1, 0.15) is 0 Å². The Morgan fingerprint density at radius 3 is 2.35 bits per heavy atom. The molecule has 6 nitrogen and oxygen atoms in total. The normalized spacial score (nSPS) is 13.6. The number of hydrogen-bond acceptors (Lipinski definition) is 7. The molecule has 0 bridgehead atoms. The summed E-state index contributed by atoms with van der Waals surface area (Å²) in [4.78, 5) is 4.58. The highest BCUT2D eigenvalue weighted by Gasteiger charge is 2.37. The summed E-state index contributed by atoms with van der Waals surface area (Å²) in [6.07, 6.45) is 0.322. The predicted molar refractivity (Wildman–Crippen MR) is 98.6 cm³/mol. The zero-order chi connectivity index (χ0) is 18.9. The van der Waals surface area contributed by atoms with Crippen LogP contribution in [0.3, 0.4) is 0 Å². The molecule has 0 saturated carbocycles. The molecule has 138 valence electrons. The molecule has 0 N–H and O–H groups in total. The van der Waals surface area contributed by atoms with Crippen LogP contribution in [0.15, 0.2) is 67.3 Å². The first-order valence-corrected chi connectivity index (χ1v) is 11.8. The summed E-state index contributed by atoms with van der Waals surface area (Å²) >= 11 is 1.28. The summed E-state index contributed by atoms with van der Waals surface area (Å²) in [5.74, 6) is -0.0172. The lowest BCUT2D eigenvalue weighted by atomic mass is 10.4. The van der Waals surface area contributed by atoms with Crippen LogP contribution in [0.4, 0.5) is 0 Å². The molecule has 0 spiro atoms. The van der Waals surface area contributed by atoms with Crippen LogP contribution in [0.5, 0.6) is 0 Å². The van der Waals surface area contributed by atoms with E-state index < -0.39 is 35.0 Å². The minimum Gasteiger partial charge on any atom is -0.422 e. The van der Waals surface area contributed by atoms with Gasteiger partial charge in [-0.15, -0.1) is 11.3 Å². The summed E-state index contributed by atoms with van der Waals surface area (Å²) in [6.45, 7) is 3.23. The van der Waals surface area contributed by atoms with Gasteiger partial charge in [0, 0.05) is 0 Å². The fraction of sp³-hybridized carbons (Fsp3) is 0.235. The zero-order valence-electron chi connectivity index (χ0n) is 14.1. The minimum atomic E-state index is -4.14. The first-order valence-electron chi connectivity index (χ1n) is 7.87. The quantitative estimate of drug-likeness (QED) is 0.612. The molecule has 0 saturated heterocycles. The van der Waals surface area contributed by atoms with Crippen molar-refractivity contribution >= 4 is 31.0 Å². The molecule has 2 heterocycles. The first-order chi connectivity index (χ1) is 12.3. The van der Waals surface area contributed by atoms with Crippen molar-refractivity contribution < 1.29 is 21.3 Å². The highest BCUT2D eigenvalue weighted by Crippen LogP contribution is 2.35. The molecule has 0 aliphatic carbocycles. The minimum absolute atomic E-state index is 0.0172. The van der Waals surface area contributed by atoms with Crippen molar-refractivity contribution in [1.29, 1.82) is 0 Å². The smallest absolute Gasteiger partial charge is 0.258 e. The van der Waals surface area contributed by atoms with E-state index in [9.17, 15) is 16.8 Å². The average Bonchev–Trinajstić information content (AvgIpc) is 3.31. The van der Waals surface area contributed by atoms with Crippen LogP contribution in [0, 0.1) is 0 Å². The zero-order valence-corrected chi connectivity index (χ0v) is 16.6. The van der Waals surface area contributed by atoms with E-state index in [1.165, 1.54) is 30.4 Å². The van der Waals surface area contributed by atoms with Crippen molar-refractivity contribution in [3.63, 3.8) is 0 Å². The lowest BCUT2D eigenvalue weighted by Crippen LogP contribution is -2.19. The molecule has 0 aliphatic heterocycles. The van der Waals surface area contributed by atoms with Gasteiger partial charge in [-0.2, -0.15) is 4.98 Å². The van der Waals surface area contributed by atoms with Gasteiger partial charge in [-0.3, -0.25) is 0 Å². The van der Waals surface area contributed by atoms with Gasteiger partial charge in [0.05, 0.1) is 15.0 Å². The van der Waals surface area contributed by atoms with Gasteiger partial charge >= 0.3 is 0 Å². The van der Waals surface area contributed by atoms with E-state index in [2.05, 4.69) is 4.98 Å². The van der Waals surface area contributed by atoms with E-state index in [1.54, 1.807) is 42.6 Å². The Bertz CT molecular complexity index is 1100. The van der Waals surface area contributed by atoms with Crippen molar-refractivity contribution in [3.8, 4) is 10.8 Å². The molecule has 1 atom stereocenters. The fourth-order valence-electron chi connectivity index (χ4n) is 2.26. The SMILES string of the molecule is CCC(C)S(=O)(=O)c1oc(-c2cccs2)nc1S(=O)(=O)c1ccccc1. The predicted octanol–water partition coefficient (Wildman–Crippen LogP) is 3.81. The van der Waals surface area contributed by atoms with Gasteiger partial charge in [0.2, 0.25) is 30.6 Å². The third-order valence-electron chi connectivity index (χ3n) is 3.97. The Labute approximate surface area is 156 Å². The van der Waals surface area contributed by atoms with Crippen molar-refractivity contribution in [3.05, 3.63) is 47.8 Å². The Kier molecular flexibility index (Phi) is 5.05. The van der Waals surface area contributed by atoms with Crippen LogP contribution in [0.1, 0.15) is 20.3 Å². The van der Waals surface area contributed by atoms with E-state index in [0.29, 0.717) is 11.3 Å². The number of rotatable bonds is 6. The molecular formula is C17H17NO5S3. The fourth-order valence-corrected chi connectivity index (χ4v) is 6.08. The number of oxazole rings is 1. The second-order valence-electron chi connectivity index (χ2n) is 5.67. The summed E-state index contributed by atoms with van der Waals surface area (Å²) in [6, 6.07) is 11.0. The molecule has 0 fully saturated rings. The third kappa shape index (κ3) is 3.22. The maximum absolute atomic E-state index is 13.0. The van der Waals surface area contributed by atoms with Gasteiger partial charge in [0.25, 0.3) is 5.09 Å². The Morgan fingerprint density at radius 2 is 1.77 bits per heavy atom. The summed E-state index contributed by atoms with van der Waals surface area (Å²) < 4.78 is 57.2. The summed E-state index contributed by atoms with van der Waals surface area (Å²) in [5.41, 5.74) is 0. The summed E-state index contributed by atoms with van der Waals surface area (Å²) in [5, 5.41) is -0.184. The number of benzene rings is 1. The van der Waals surface area contributed by atoms with Crippen LogP contribution < -0.4 is 0 Å². The standard InChI is InChI=1S/C17H17NO5S3/c1-3-12(2)25(19,20)17-16(18-15(23-17)14-10-7-11-24-14)26(21,22)13-8-5-4-6-9-13/h4-12H,3H2,1-2H3. The summed E-state index contributed by atoms with van der Waals surface area (Å²) in [7, 11) is -8.13. The maximum atomic E-state index is 13.0. The Hall–Kier alpha value is -1.97. The number of sulfone groups is 2. The molecule has 9 heteroatoms. The van der Waals surface area contributed by atoms with E-state index >= 15 is 0 Å². The maximum Gasteiger partial charge on any atom is 0.258 e. The van der Waals surface area contributed by atoms with Crippen LogP contribution in [-0.4, -0.2) is 27.1 Å². The highest BCUT2D eigenvalue weighted by molar-refractivity contribution is 7.94. The molecule has 0 aliphatic rings. The lowest BCUT2D eigenvalue weighted by molar-refractivity contribution is 0.441. The van der Waals surface area contributed by atoms with Crippen LogP contribution in [0.25, 0.3) is 10.8 Å². The van der Waals surface area contributed by atoms with Crippen molar-refractivity contribution in [2.75, 3.05) is 0 Å². The number of nitrogens with zero attached hydrogens (tertiary/aromatic N) is 1. The van der Waals surface area contributed by atoms with Gasteiger partial charge in [-0.25, -0.2) is 16.8 Å². The second-order valence-corrected chi connectivity index (χ2v) is 10.7. The molecular weight excluding hydrogens is 394 g/mol. The van der Waals surface area contributed by atoms with Gasteiger partial charge in [-0.1, -0.05) is 31.2 Å².